The predicted octanol–water partition coefficient (Wildman–Crippen LogP) is 4.45. The lowest BCUT2D eigenvalue weighted by atomic mass is 10.1. The first-order chi connectivity index (χ1) is 13.6. The Morgan fingerprint density at radius 3 is 2.71 bits per heavy atom. The molecule has 0 spiro atoms. The molecule has 3 aromatic rings. The fourth-order valence-electron chi connectivity index (χ4n) is 3.03. The molecule has 0 radical (unpaired) electrons. The molecule has 1 aliphatic heterocycles. The maximum atomic E-state index is 13.4. The first-order valence-corrected chi connectivity index (χ1v) is 9.01. The molecule has 0 N–H and O–H groups in total. The van der Waals surface area contributed by atoms with E-state index in [0.717, 1.165) is 5.56 Å². The summed E-state index contributed by atoms with van der Waals surface area (Å²) >= 11 is 6.18. The minimum Gasteiger partial charge on any atom is -0.454 e. The molecule has 2 heterocycles. The van der Waals surface area contributed by atoms with Crippen molar-refractivity contribution in [2.75, 3.05) is 6.79 Å². The highest BCUT2D eigenvalue weighted by molar-refractivity contribution is 6.31. The average molecular weight is 399 g/mol. The number of aromatic nitrogens is 1. The first kappa shape index (κ1) is 18.3. The largest absolute Gasteiger partial charge is 0.454 e. The van der Waals surface area contributed by atoms with Crippen molar-refractivity contribution in [1.82, 2.24) is 9.88 Å². The molecule has 5 nitrogen and oxygen atoms in total. The lowest BCUT2D eigenvalue weighted by molar-refractivity contribution is 0.0722. The first-order valence-electron chi connectivity index (χ1n) is 8.63. The van der Waals surface area contributed by atoms with Crippen molar-refractivity contribution in [1.29, 1.82) is 0 Å². The molecular formula is C21H16ClFN2O3. The topological polar surface area (TPSA) is 51.7 Å². The monoisotopic (exact) mass is 398 g/mol. The Bertz CT molecular complexity index is 1010. The molecule has 28 heavy (non-hydrogen) atoms. The number of carbonyl (C=O) groups excluding carboxylic acids is 1. The van der Waals surface area contributed by atoms with Crippen LogP contribution < -0.4 is 9.47 Å². The van der Waals surface area contributed by atoms with E-state index >= 15 is 0 Å². The molecule has 142 valence electrons. The summed E-state index contributed by atoms with van der Waals surface area (Å²) in [6.45, 7) is 0.596. The number of para-hydroxylation sites is 1. The van der Waals surface area contributed by atoms with Crippen LogP contribution in [0.4, 0.5) is 4.39 Å². The van der Waals surface area contributed by atoms with E-state index in [1.807, 2.05) is 18.2 Å². The van der Waals surface area contributed by atoms with E-state index in [1.54, 1.807) is 35.4 Å². The van der Waals surface area contributed by atoms with Gasteiger partial charge in [0.25, 0.3) is 5.91 Å². The van der Waals surface area contributed by atoms with Crippen molar-refractivity contribution in [3.63, 3.8) is 0 Å². The molecule has 1 amide bonds. The number of hydrogen-bond donors (Lipinski definition) is 0. The minimum atomic E-state index is -0.428. The number of halogens is 2. The van der Waals surface area contributed by atoms with Crippen LogP contribution in [0.2, 0.25) is 5.02 Å². The van der Waals surface area contributed by atoms with Gasteiger partial charge in [0.05, 0.1) is 6.54 Å². The zero-order chi connectivity index (χ0) is 19.5. The van der Waals surface area contributed by atoms with Crippen molar-refractivity contribution in [2.45, 2.75) is 13.1 Å². The van der Waals surface area contributed by atoms with Crippen LogP contribution >= 0.6 is 11.6 Å². The van der Waals surface area contributed by atoms with Gasteiger partial charge in [-0.1, -0.05) is 35.9 Å². The molecule has 0 unspecified atom stereocenters. The molecule has 1 aromatic heterocycles. The van der Waals surface area contributed by atoms with Crippen LogP contribution in [0.15, 0.2) is 60.8 Å². The van der Waals surface area contributed by atoms with Gasteiger partial charge in [-0.2, -0.15) is 0 Å². The summed E-state index contributed by atoms with van der Waals surface area (Å²) < 4.78 is 24.4. The fourth-order valence-corrected chi connectivity index (χ4v) is 3.25. The number of ether oxygens (including phenoxy) is 2. The van der Waals surface area contributed by atoms with Crippen LogP contribution in [-0.2, 0) is 13.1 Å². The van der Waals surface area contributed by atoms with Gasteiger partial charge in [0.15, 0.2) is 11.5 Å². The summed E-state index contributed by atoms with van der Waals surface area (Å²) in [6.07, 6.45) is 1.56. The Kier molecular flexibility index (Phi) is 5.12. The van der Waals surface area contributed by atoms with Crippen LogP contribution in [0, 0.1) is 5.82 Å². The number of fused-ring (bicyclic) bond motifs is 1. The molecule has 0 saturated carbocycles. The highest BCUT2D eigenvalue weighted by Crippen LogP contribution is 2.36. The molecule has 0 aliphatic carbocycles. The summed E-state index contributed by atoms with van der Waals surface area (Å²) in [5.41, 5.74) is 1.75. The number of rotatable bonds is 5. The number of amides is 1. The van der Waals surface area contributed by atoms with E-state index in [0.29, 0.717) is 22.8 Å². The molecule has 0 fully saturated rings. The number of carbonyl (C=O) groups is 1. The highest BCUT2D eigenvalue weighted by atomic mass is 35.5. The lowest BCUT2D eigenvalue weighted by Crippen LogP contribution is -2.31. The van der Waals surface area contributed by atoms with Gasteiger partial charge in [-0.25, -0.2) is 4.39 Å². The quantitative estimate of drug-likeness (QED) is 0.637. The van der Waals surface area contributed by atoms with Crippen molar-refractivity contribution in [3.05, 3.63) is 88.5 Å². The summed E-state index contributed by atoms with van der Waals surface area (Å²) in [7, 11) is 0. The van der Waals surface area contributed by atoms with Crippen LogP contribution in [0.3, 0.4) is 0 Å². The van der Waals surface area contributed by atoms with Crippen molar-refractivity contribution in [2.24, 2.45) is 0 Å². The molecule has 4 rings (SSSR count). The van der Waals surface area contributed by atoms with Gasteiger partial charge >= 0.3 is 0 Å². The molecule has 2 aromatic carbocycles. The van der Waals surface area contributed by atoms with E-state index in [2.05, 4.69) is 4.98 Å². The molecule has 7 heteroatoms. The van der Waals surface area contributed by atoms with Gasteiger partial charge in [-0.05, 0) is 35.9 Å². The van der Waals surface area contributed by atoms with Crippen LogP contribution in [-0.4, -0.2) is 22.6 Å². The molecule has 0 saturated heterocycles. The normalized spacial score (nSPS) is 12.1. The zero-order valence-corrected chi connectivity index (χ0v) is 15.5. The van der Waals surface area contributed by atoms with E-state index in [4.69, 9.17) is 21.1 Å². The predicted molar refractivity (Wildman–Crippen MR) is 102 cm³/mol. The lowest BCUT2D eigenvalue weighted by Gasteiger charge is -2.24. The van der Waals surface area contributed by atoms with E-state index in [1.165, 1.54) is 12.1 Å². The number of hydrogen-bond acceptors (Lipinski definition) is 4. The van der Waals surface area contributed by atoms with Gasteiger partial charge < -0.3 is 14.4 Å². The van der Waals surface area contributed by atoms with Crippen LogP contribution in [0.5, 0.6) is 11.5 Å². The Labute approximate surface area is 166 Å². The zero-order valence-electron chi connectivity index (χ0n) is 14.8. The van der Waals surface area contributed by atoms with Gasteiger partial charge in [-0.3, -0.25) is 9.78 Å². The third-order valence-electron chi connectivity index (χ3n) is 4.39. The van der Waals surface area contributed by atoms with E-state index < -0.39 is 5.82 Å². The van der Waals surface area contributed by atoms with Gasteiger partial charge in [0, 0.05) is 23.3 Å². The smallest absolute Gasteiger partial charge is 0.273 e. The van der Waals surface area contributed by atoms with E-state index in [9.17, 15) is 9.18 Å². The second-order valence-electron chi connectivity index (χ2n) is 6.26. The van der Waals surface area contributed by atoms with Crippen molar-refractivity contribution < 1.29 is 18.7 Å². The second kappa shape index (κ2) is 7.86. The third-order valence-corrected chi connectivity index (χ3v) is 4.74. The average Bonchev–Trinajstić information content (AvgIpc) is 3.19. The molecular weight excluding hydrogens is 383 g/mol. The van der Waals surface area contributed by atoms with Gasteiger partial charge in [0.2, 0.25) is 6.79 Å². The van der Waals surface area contributed by atoms with Crippen LogP contribution in [0.1, 0.15) is 21.6 Å². The number of nitrogens with zero attached hydrogens (tertiary/aromatic N) is 2. The molecule has 0 bridgehead atoms. The maximum absolute atomic E-state index is 13.4. The van der Waals surface area contributed by atoms with Gasteiger partial charge in [0.1, 0.15) is 11.5 Å². The summed E-state index contributed by atoms with van der Waals surface area (Å²) in [5, 5.41) is 0.261. The maximum Gasteiger partial charge on any atom is 0.273 e. The van der Waals surface area contributed by atoms with Crippen molar-refractivity contribution >= 4 is 17.5 Å². The number of benzene rings is 2. The standard InChI is InChI=1S/C21H16ClFN2O3/c22-17-10-16(23)8-7-14(17)11-25(21(26)18-5-1-2-9-24-18)12-15-4-3-6-19-20(15)28-13-27-19/h1-10H,11-13H2. The third kappa shape index (κ3) is 3.77. The minimum absolute atomic E-state index is 0.143. The van der Waals surface area contributed by atoms with E-state index in [-0.39, 0.29) is 30.8 Å². The van der Waals surface area contributed by atoms with Gasteiger partial charge in [-0.15, -0.1) is 0 Å². The fraction of sp³-hybridized carbons (Fsp3) is 0.143. The second-order valence-corrected chi connectivity index (χ2v) is 6.67. The van der Waals surface area contributed by atoms with Crippen molar-refractivity contribution in [3.8, 4) is 11.5 Å². The Morgan fingerprint density at radius 1 is 1.07 bits per heavy atom. The summed E-state index contributed by atoms with van der Waals surface area (Å²) in [4.78, 5) is 18.9. The van der Waals surface area contributed by atoms with Crippen LogP contribution in [0.25, 0.3) is 0 Å². The molecule has 0 atom stereocenters. The number of pyridine rings is 1. The molecule has 1 aliphatic rings. The Morgan fingerprint density at radius 2 is 1.93 bits per heavy atom. The summed E-state index contributed by atoms with van der Waals surface area (Å²) in [5.74, 6) is 0.564. The summed E-state index contributed by atoms with van der Waals surface area (Å²) in [6, 6.07) is 14.8. The highest BCUT2D eigenvalue weighted by Gasteiger charge is 2.23. The Balaban J connectivity index is 1.67. The SMILES string of the molecule is O=C(c1ccccn1)N(Cc1ccc(F)cc1Cl)Cc1cccc2c1OCO2. The Hall–Kier alpha value is -3.12.